The van der Waals surface area contributed by atoms with Crippen LogP contribution in [-0.2, 0) is 0 Å². The highest BCUT2D eigenvalue weighted by atomic mass is 32.2. The maximum Gasteiger partial charge on any atom is 0.253 e. The molecule has 0 saturated carbocycles. The van der Waals surface area contributed by atoms with Crippen molar-refractivity contribution in [3.8, 4) is 0 Å². The fraction of sp³-hybridized carbons (Fsp3) is 0.200. The lowest BCUT2D eigenvalue weighted by molar-refractivity contribution is 0.931. The standard InChI is InChI=1S/C10H12N6OS/c1-5-8(12-2)13-4-14-9(5)18-10-15-6(11)3-7(17)16-10/h3-4H,1-2H3,(H,12,13,14)(H3,11,15,16,17). The molecule has 0 aliphatic heterocycles. The molecule has 2 aromatic heterocycles. The van der Waals surface area contributed by atoms with Crippen LogP contribution in [0.4, 0.5) is 11.6 Å². The Morgan fingerprint density at radius 2 is 2.22 bits per heavy atom. The number of nitrogens with one attached hydrogen (secondary N) is 2. The van der Waals surface area contributed by atoms with Gasteiger partial charge in [-0.25, -0.2) is 15.0 Å². The highest BCUT2D eigenvalue weighted by Crippen LogP contribution is 2.27. The van der Waals surface area contributed by atoms with Gasteiger partial charge in [0.25, 0.3) is 5.56 Å². The summed E-state index contributed by atoms with van der Waals surface area (Å²) >= 11 is 1.23. The largest absolute Gasteiger partial charge is 0.383 e. The summed E-state index contributed by atoms with van der Waals surface area (Å²) in [6, 6.07) is 1.23. The molecule has 8 heteroatoms. The number of hydrogen-bond donors (Lipinski definition) is 3. The van der Waals surface area contributed by atoms with Crippen molar-refractivity contribution in [2.75, 3.05) is 18.1 Å². The first-order valence-corrected chi connectivity index (χ1v) is 5.96. The molecule has 0 amide bonds. The summed E-state index contributed by atoms with van der Waals surface area (Å²) in [6.45, 7) is 1.89. The zero-order valence-electron chi connectivity index (χ0n) is 9.89. The van der Waals surface area contributed by atoms with Gasteiger partial charge in [0.05, 0.1) is 0 Å². The van der Waals surface area contributed by atoms with Crippen molar-refractivity contribution >= 4 is 23.4 Å². The van der Waals surface area contributed by atoms with Crippen molar-refractivity contribution < 1.29 is 0 Å². The van der Waals surface area contributed by atoms with Crippen LogP contribution < -0.4 is 16.6 Å². The Morgan fingerprint density at radius 1 is 1.44 bits per heavy atom. The van der Waals surface area contributed by atoms with Gasteiger partial charge in [-0.15, -0.1) is 0 Å². The molecular weight excluding hydrogens is 252 g/mol. The summed E-state index contributed by atoms with van der Waals surface area (Å²) in [5.41, 5.74) is 6.12. The molecule has 18 heavy (non-hydrogen) atoms. The van der Waals surface area contributed by atoms with E-state index in [4.69, 9.17) is 5.73 Å². The summed E-state index contributed by atoms with van der Waals surface area (Å²) in [6.07, 6.45) is 1.45. The summed E-state index contributed by atoms with van der Waals surface area (Å²) in [7, 11) is 1.78. The van der Waals surface area contributed by atoms with Crippen LogP contribution in [0.15, 0.2) is 27.4 Å². The predicted octanol–water partition coefficient (Wildman–Crippen LogP) is 0.643. The van der Waals surface area contributed by atoms with Crippen LogP contribution in [0.5, 0.6) is 0 Å². The molecule has 2 aromatic rings. The fourth-order valence-corrected chi connectivity index (χ4v) is 2.22. The molecule has 0 spiro atoms. The van der Waals surface area contributed by atoms with Crippen LogP contribution in [0.1, 0.15) is 5.56 Å². The van der Waals surface area contributed by atoms with E-state index in [0.29, 0.717) is 10.2 Å². The zero-order valence-corrected chi connectivity index (χ0v) is 10.7. The monoisotopic (exact) mass is 264 g/mol. The molecule has 0 unspecified atom stereocenters. The Balaban J connectivity index is 2.37. The number of anilines is 2. The second kappa shape index (κ2) is 5.05. The maximum atomic E-state index is 11.3. The number of aromatic nitrogens is 4. The van der Waals surface area contributed by atoms with E-state index in [2.05, 4.69) is 25.3 Å². The molecule has 0 fully saturated rings. The van der Waals surface area contributed by atoms with Crippen LogP contribution in [0, 0.1) is 6.92 Å². The summed E-state index contributed by atoms with van der Waals surface area (Å²) in [5.74, 6) is 0.917. The molecule has 0 saturated heterocycles. The zero-order chi connectivity index (χ0) is 13.1. The number of rotatable bonds is 3. The third-order valence-corrected chi connectivity index (χ3v) is 3.20. The topological polar surface area (TPSA) is 110 Å². The quantitative estimate of drug-likeness (QED) is 0.551. The lowest BCUT2D eigenvalue weighted by Crippen LogP contribution is -2.09. The molecule has 94 valence electrons. The molecule has 0 aromatic carbocycles. The summed E-state index contributed by atoms with van der Waals surface area (Å²) < 4.78 is 0. The molecular formula is C10H12N6OS. The minimum absolute atomic E-state index is 0.182. The van der Waals surface area contributed by atoms with Gasteiger partial charge < -0.3 is 16.0 Å². The molecule has 0 bridgehead atoms. The van der Waals surface area contributed by atoms with Crippen LogP contribution in [-0.4, -0.2) is 27.0 Å². The van der Waals surface area contributed by atoms with Crippen molar-refractivity contribution in [2.45, 2.75) is 17.1 Å². The first-order valence-electron chi connectivity index (χ1n) is 5.14. The minimum Gasteiger partial charge on any atom is -0.383 e. The molecule has 0 aliphatic rings. The number of aromatic amines is 1. The molecule has 0 radical (unpaired) electrons. The Kier molecular flexibility index (Phi) is 3.47. The molecule has 2 rings (SSSR count). The Morgan fingerprint density at radius 3 is 2.89 bits per heavy atom. The van der Waals surface area contributed by atoms with Crippen LogP contribution in [0.25, 0.3) is 0 Å². The third kappa shape index (κ3) is 2.59. The maximum absolute atomic E-state index is 11.3. The lowest BCUT2D eigenvalue weighted by Gasteiger charge is -2.07. The van der Waals surface area contributed by atoms with Crippen molar-refractivity contribution in [1.29, 1.82) is 0 Å². The second-order valence-corrected chi connectivity index (χ2v) is 4.46. The lowest BCUT2D eigenvalue weighted by atomic mass is 10.3. The van der Waals surface area contributed by atoms with Gasteiger partial charge in [-0.2, -0.15) is 0 Å². The first kappa shape index (κ1) is 12.4. The Bertz CT molecular complexity index is 626. The van der Waals surface area contributed by atoms with E-state index >= 15 is 0 Å². The number of H-pyrrole nitrogens is 1. The molecule has 4 N–H and O–H groups in total. The van der Waals surface area contributed by atoms with Crippen LogP contribution in [0.3, 0.4) is 0 Å². The Labute approximate surface area is 107 Å². The van der Waals surface area contributed by atoms with Crippen molar-refractivity contribution in [2.24, 2.45) is 0 Å². The number of nitrogens with two attached hydrogens (primary N) is 1. The van der Waals surface area contributed by atoms with E-state index in [1.165, 1.54) is 24.2 Å². The van der Waals surface area contributed by atoms with E-state index in [0.717, 1.165) is 11.4 Å². The molecule has 0 atom stereocenters. The predicted molar refractivity (Wildman–Crippen MR) is 69.7 cm³/mol. The smallest absolute Gasteiger partial charge is 0.253 e. The van der Waals surface area contributed by atoms with Gasteiger partial charge in [0.2, 0.25) is 0 Å². The average molecular weight is 264 g/mol. The van der Waals surface area contributed by atoms with Crippen LogP contribution in [0.2, 0.25) is 0 Å². The van der Waals surface area contributed by atoms with Gasteiger partial charge in [-0.05, 0) is 18.7 Å². The van der Waals surface area contributed by atoms with E-state index in [-0.39, 0.29) is 11.4 Å². The van der Waals surface area contributed by atoms with Gasteiger partial charge in [-0.3, -0.25) is 4.79 Å². The number of nitrogen functional groups attached to an aromatic ring is 1. The molecule has 2 heterocycles. The third-order valence-electron chi connectivity index (χ3n) is 2.21. The summed E-state index contributed by atoms with van der Waals surface area (Å²) in [4.78, 5) is 26.1. The van der Waals surface area contributed by atoms with Gasteiger partial charge in [0.15, 0.2) is 5.16 Å². The average Bonchev–Trinajstić information content (AvgIpc) is 2.30. The number of nitrogens with zero attached hydrogens (tertiary/aromatic N) is 3. The first-order chi connectivity index (χ1) is 8.60. The molecule has 7 nitrogen and oxygen atoms in total. The van der Waals surface area contributed by atoms with Crippen molar-refractivity contribution in [1.82, 2.24) is 19.9 Å². The molecule has 0 aliphatic carbocycles. The SMILES string of the molecule is CNc1ncnc(Sc2nc(N)cc(=O)[nH]2)c1C. The fourth-order valence-electron chi connectivity index (χ4n) is 1.38. The van der Waals surface area contributed by atoms with E-state index in [1.807, 2.05) is 6.92 Å². The highest BCUT2D eigenvalue weighted by molar-refractivity contribution is 7.99. The van der Waals surface area contributed by atoms with E-state index in [9.17, 15) is 4.79 Å². The highest BCUT2D eigenvalue weighted by Gasteiger charge is 2.09. The van der Waals surface area contributed by atoms with E-state index < -0.39 is 0 Å². The number of hydrogen-bond acceptors (Lipinski definition) is 7. The summed E-state index contributed by atoms with van der Waals surface area (Å²) in [5, 5.41) is 4.08. The second-order valence-electron chi connectivity index (χ2n) is 3.48. The minimum atomic E-state index is -0.287. The van der Waals surface area contributed by atoms with E-state index in [1.54, 1.807) is 7.05 Å². The van der Waals surface area contributed by atoms with Gasteiger partial charge >= 0.3 is 0 Å². The van der Waals surface area contributed by atoms with Gasteiger partial charge in [0, 0.05) is 18.7 Å². The van der Waals surface area contributed by atoms with Crippen molar-refractivity contribution in [3.63, 3.8) is 0 Å². The van der Waals surface area contributed by atoms with Gasteiger partial charge in [0.1, 0.15) is 23.0 Å². The normalized spacial score (nSPS) is 10.3. The van der Waals surface area contributed by atoms with Crippen molar-refractivity contribution in [3.05, 3.63) is 28.3 Å². The van der Waals surface area contributed by atoms with Crippen LogP contribution >= 0.6 is 11.8 Å². The van der Waals surface area contributed by atoms with Gasteiger partial charge in [-0.1, -0.05) is 0 Å². The Hall–Kier alpha value is -2.09.